The largest absolute Gasteiger partial charge is 0.282 e. The Morgan fingerprint density at radius 1 is 1.16 bits per heavy atom. The molecule has 0 unspecified atom stereocenters. The molecule has 2 aromatic heterocycles. The van der Waals surface area contributed by atoms with Crippen LogP contribution in [0.3, 0.4) is 0 Å². The second-order valence-corrected chi connectivity index (χ2v) is 12.3. The summed E-state index contributed by atoms with van der Waals surface area (Å²) in [5.41, 5.74) is 2.23. The van der Waals surface area contributed by atoms with Crippen molar-refractivity contribution in [3.63, 3.8) is 0 Å². The molecule has 1 fully saturated rings. The third-order valence-corrected chi connectivity index (χ3v) is 9.98. The van der Waals surface area contributed by atoms with Gasteiger partial charge in [0.2, 0.25) is 15.9 Å². The smallest absolute Gasteiger partial charge is 0.245 e. The lowest BCUT2D eigenvalue weighted by Gasteiger charge is -2.33. The quantitative estimate of drug-likeness (QED) is 0.300. The summed E-state index contributed by atoms with van der Waals surface area (Å²) in [4.78, 5) is 23.9. The number of amides is 1. The van der Waals surface area contributed by atoms with Gasteiger partial charge in [-0.3, -0.25) is 14.7 Å². The third kappa shape index (κ3) is 5.15. The number of hydrogen-bond donors (Lipinski definition) is 0. The van der Waals surface area contributed by atoms with Crippen LogP contribution in [0.2, 0.25) is 5.02 Å². The first kappa shape index (κ1) is 26.6. The number of nitrogens with zero attached hydrogens (tertiary/aromatic N) is 4. The van der Waals surface area contributed by atoms with Gasteiger partial charge in [0.1, 0.15) is 16.5 Å². The molecule has 7 nitrogen and oxygen atoms in total. The molecule has 0 bridgehead atoms. The number of fused-ring (bicyclic) bond motifs is 1. The minimum atomic E-state index is -4.17. The van der Waals surface area contributed by atoms with E-state index in [4.69, 9.17) is 16.6 Å². The number of benzene rings is 2. The number of rotatable bonds is 6. The van der Waals surface area contributed by atoms with Gasteiger partial charge >= 0.3 is 0 Å². The number of aromatic nitrogens is 2. The van der Waals surface area contributed by atoms with Crippen molar-refractivity contribution in [2.75, 3.05) is 18.0 Å². The highest BCUT2D eigenvalue weighted by Crippen LogP contribution is 2.36. The van der Waals surface area contributed by atoms with Crippen molar-refractivity contribution in [2.24, 2.45) is 5.92 Å². The molecule has 0 atom stereocenters. The van der Waals surface area contributed by atoms with E-state index in [1.165, 1.54) is 11.3 Å². The van der Waals surface area contributed by atoms with Gasteiger partial charge in [0.15, 0.2) is 5.13 Å². The molecule has 1 aliphatic rings. The Balaban J connectivity index is 1.39. The van der Waals surface area contributed by atoms with Crippen LogP contribution in [-0.2, 0) is 21.4 Å². The molecular weight excluding hydrogens is 554 g/mol. The number of piperidine rings is 1. The highest BCUT2D eigenvalue weighted by molar-refractivity contribution is 7.89. The number of thiazole rings is 1. The van der Waals surface area contributed by atoms with Crippen molar-refractivity contribution in [3.05, 3.63) is 82.6 Å². The molecule has 4 aromatic rings. The zero-order chi connectivity index (χ0) is 27.0. The Hall–Kier alpha value is -2.99. The molecule has 0 N–H and O–H groups in total. The molecule has 5 rings (SSSR count). The molecule has 1 aliphatic heterocycles. The van der Waals surface area contributed by atoms with Crippen LogP contribution in [0.15, 0.2) is 59.6 Å². The highest BCUT2D eigenvalue weighted by atomic mass is 35.5. The van der Waals surface area contributed by atoms with E-state index >= 15 is 0 Å². The van der Waals surface area contributed by atoms with Gasteiger partial charge in [0.05, 0.1) is 22.5 Å². The van der Waals surface area contributed by atoms with Gasteiger partial charge in [-0.15, -0.1) is 0 Å². The van der Waals surface area contributed by atoms with Gasteiger partial charge in [-0.25, -0.2) is 22.2 Å². The maximum atomic E-state index is 14.2. The zero-order valence-electron chi connectivity index (χ0n) is 20.3. The number of anilines is 1. The molecule has 12 heteroatoms. The van der Waals surface area contributed by atoms with E-state index < -0.39 is 32.5 Å². The van der Waals surface area contributed by atoms with Crippen LogP contribution in [-0.4, -0.2) is 41.7 Å². The summed E-state index contributed by atoms with van der Waals surface area (Å²) in [6.45, 7) is 2.13. The van der Waals surface area contributed by atoms with Crippen molar-refractivity contribution in [1.82, 2.24) is 14.3 Å². The van der Waals surface area contributed by atoms with E-state index in [1.807, 2.05) is 25.1 Å². The Bertz CT molecular complexity index is 1610. The van der Waals surface area contributed by atoms with Gasteiger partial charge < -0.3 is 0 Å². The fourth-order valence-corrected chi connectivity index (χ4v) is 7.18. The Morgan fingerprint density at radius 3 is 2.61 bits per heavy atom. The topological polar surface area (TPSA) is 83.5 Å². The lowest BCUT2D eigenvalue weighted by molar-refractivity contribution is -0.123. The zero-order valence-corrected chi connectivity index (χ0v) is 22.7. The first-order valence-corrected chi connectivity index (χ1v) is 14.5. The Morgan fingerprint density at radius 2 is 1.92 bits per heavy atom. The molecule has 0 spiro atoms. The van der Waals surface area contributed by atoms with E-state index in [0.717, 1.165) is 32.2 Å². The second-order valence-electron chi connectivity index (χ2n) is 9.01. The van der Waals surface area contributed by atoms with Crippen molar-refractivity contribution in [1.29, 1.82) is 0 Å². The SMILES string of the molecule is Cc1c(Cl)ccc2sc(N(Cc3ccccn3)C(=O)C3CCN(S(=O)(=O)c4ccc(F)cc4F)CC3)nc12. The predicted octanol–water partition coefficient (Wildman–Crippen LogP) is 5.57. The minimum Gasteiger partial charge on any atom is -0.282 e. The lowest BCUT2D eigenvalue weighted by atomic mass is 9.96. The highest BCUT2D eigenvalue weighted by Gasteiger charge is 2.36. The first-order chi connectivity index (χ1) is 18.1. The molecule has 2 aromatic carbocycles. The Labute approximate surface area is 227 Å². The number of carbonyl (C=O) groups is 1. The molecule has 3 heterocycles. The van der Waals surface area contributed by atoms with Crippen LogP contribution in [0, 0.1) is 24.5 Å². The van der Waals surface area contributed by atoms with Crippen molar-refractivity contribution in [3.8, 4) is 0 Å². The van der Waals surface area contributed by atoms with Crippen LogP contribution in [0.1, 0.15) is 24.1 Å². The molecule has 0 aliphatic carbocycles. The monoisotopic (exact) mass is 576 g/mol. The molecule has 0 saturated carbocycles. The number of halogens is 3. The van der Waals surface area contributed by atoms with E-state index in [1.54, 1.807) is 23.2 Å². The van der Waals surface area contributed by atoms with Crippen LogP contribution < -0.4 is 4.90 Å². The number of pyridine rings is 1. The van der Waals surface area contributed by atoms with Crippen molar-refractivity contribution >= 4 is 54.2 Å². The van der Waals surface area contributed by atoms with Crippen LogP contribution in [0.4, 0.5) is 13.9 Å². The van der Waals surface area contributed by atoms with Gasteiger partial charge in [-0.1, -0.05) is 29.0 Å². The summed E-state index contributed by atoms with van der Waals surface area (Å²) >= 11 is 7.65. The summed E-state index contributed by atoms with van der Waals surface area (Å²) < 4.78 is 55.5. The standard InChI is InChI=1S/C26H23ClF2N4O3S2/c1-16-20(27)6-7-22-24(16)31-26(37-22)33(15-19-4-2-3-11-30-19)25(34)17-9-12-32(13-10-17)38(35,36)23-8-5-18(28)14-21(23)29/h2-8,11,14,17H,9-10,12-13,15H2,1H3. The predicted molar refractivity (Wildman–Crippen MR) is 143 cm³/mol. The minimum absolute atomic E-state index is 0.0293. The molecule has 198 valence electrons. The first-order valence-electron chi connectivity index (χ1n) is 11.9. The number of sulfonamides is 1. The summed E-state index contributed by atoms with van der Waals surface area (Å²) in [5, 5.41) is 1.09. The molecule has 1 saturated heterocycles. The molecule has 38 heavy (non-hydrogen) atoms. The van der Waals surface area contributed by atoms with Gasteiger partial charge in [-0.2, -0.15) is 4.31 Å². The average Bonchev–Trinajstić information content (AvgIpc) is 3.34. The van der Waals surface area contributed by atoms with E-state index in [0.29, 0.717) is 21.9 Å². The third-order valence-electron chi connectivity index (χ3n) is 6.59. The average molecular weight is 577 g/mol. The number of carbonyl (C=O) groups excluding carboxylic acids is 1. The fourth-order valence-electron chi connectivity index (χ4n) is 4.48. The maximum absolute atomic E-state index is 14.2. The summed E-state index contributed by atoms with van der Waals surface area (Å²) in [6.07, 6.45) is 2.14. The normalized spacial score (nSPS) is 15.2. The maximum Gasteiger partial charge on any atom is 0.245 e. The van der Waals surface area contributed by atoms with Gasteiger partial charge in [-0.05, 0) is 61.7 Å². The van der Waals surface area contributed by atoms with Crippen LogP contribution in [0.25, 0.3) is 10.2 Å². The summed E-state index contributed by atoms with van der Waals surface area (Å²) in [5.74, 6) is -2.66. The van der Waals surface area contributed by atoms with Crippen molar-refractivity contribution in [2.45, 2.75) is 31.2 Å². The molecule has 0 radical (unpaired) electrons. The van der Waals surface area contributed by atoms with E-state index in [2.05, 4.69) is 4.98 Å². The lowest BCUT2D eigenvalue weighted by Crippen LogP contribution is -2.44. The van der Waals surface area contributed by atoms with E-state index in [9.17, 15) is 22.0 Å². The summed E-state index contributed by atoms with van der Waals surface area (Å²) in [6, 6.07) is 11.5. The van der Waals surface area contributed by atoms with Crippen molar-refractivity contribution < 1.29 is 22.0 Å². The van der Waals surface area contributed by atoms with E-state index in [-0.39, 0.29) is 38.4 Å². The number of aryl methyl sites for hydroxylation is 1. The van der Waals surface area contributed by atoms with Crippen LogP contribution in [0.5, 0.6) is 0 Å². The molecule has 1 amide bonds. The fraction of sp³-hybridized carbons (Fsp3) is 0.269. The van der Waals surface area contributed by atoms with Gasteiger partial charge in [0.25, 0.3) is 0 Å². The number of hydrogen-bond acceptors (Lipinski definition) is 6. The van der Waals surface area contributed by atoms with Crippen LogP contribution >= 0.6 is 22.9 Å². The summed E-state index contributed by atoms with van der Waals surface area (Å²) in [7, 11) is -4.17. The Kier molecular flexibility index (Phi) is 7.45. The second kappa shape index (κ2) is 10.6. The molecular formula is C26H23ClF2N4O3S2. The van der Waals surface area contributed by atoms with Gasteiger partial charge in [0, 0.05) is 36.3 Å².